The molecule has 2 rings (SSSR count). The zero-order valence-electron chi connectivity index (χ0n) is 11.6. The molecule has 2 heteroatoms. The summed E-state index contributed by atoms with van der Waals surface area (Å²) in [5.41, 5.74) is 3.61. The van der Waals surface area contributed by atoms with Crippen molar-refractivity contribution >= 4 is 11.6 Å². The molecule has 1 atom stereocenters. The second-order valence-corrected chi connectivity index (χ2v) is 5.82. The van der Waals surface area contributed by atoms with Crippen LogP contribution in [0.5, 0.6) is 0 Å². The van der Waals surface area contributed by atoms with E-state index >= 15 is 0 Å². The fraction of sp³-hybridized carbons (Fsp3) is 0.294. The summed E-state index contributed by atoms with van der Waals surface area (Å²) < 4.78 is 0. The summed E-state index contributed by atoms with van der Waals surface area (Å²) in [6.45, 7) is 5.99. The topological polar surface area (TPSA) is 20.2 Å². The van der Waals surface area contributed by atoms with Crippen molar-refractivity contribution in [2.45, 2.75) is 32.8 Å². The molecule has 0 aliphatic rings. The smallest absolute Gasteiger partial charge is 0.0908 e. The van der Waals surface area contributed by atoms with Crippen LogP contribution in [-0.4, -0.2) is 5.11 Å². The number of aryl methyl sites for hydroxylation is 2. The maximum atomic E-state index is 10.7. The van der Waals surface area contributed by atoms with Gasteiger partial charge < -0.3 is 5.11 Å². The van der Waals surface area contributed by atoms with Crippen molar-refractivity contribution in [3.8, 4) is 0 Å². The predicted octanol–water partition coefficient (Wildman–Crippen LogP) is 4.41. The van der Waals surface area contributed by atoms with E-state index in [1.807, 2.05) is 31.2 Å². The van der Waals surface area contributed by atoms with Crippen LogP contribution in [0.25, 0.3) is 0 Å². The predicted molar refractivity (Wildman–Crippen MR) is 80.6 cm³/mol. The average molecular weight is 275 g/mol. The quantitative estimate of drug-likeness (QED) is 0.879. The Bertz CT molecular complexity index is 570. The molecule has 0 spiro atoms. The first-order chi connectivity index (χ1) is 8.88. The Morgan fingerprint density at radius 3 is 2.32 bits per heavy atom. The highest BCUT2D eigenvalue weighted by atomic mass is 35.5. The van der Waals surface area contributed by atoms with Crippen molar-refractivity contribution in [2.24, 2.45) is 0 Å². The van der Waals surface area contributed by atoms with Crippen molar-refractivity contribution in [3.05, 3.63) is 69.7 Å². The third-order valence-corrected chi connectivity index (χ3v) is 3.76. The summed E-state index contributed by atoms with van der Waals surface area (Å²) in [6, 6.07) is 13.7. The molecule has 1 nitrogen and oxygen atoms in total. The second kappa shape index (κ2) is 5.36. The fourth-order valence-corrected chi connectivity index (χ4v) is 2.40. The molecule has 0 saturated heterocycles. The summed E-state index contributed by atoms with van der Waals surface area (Å²) in [7, 11) is 0. The van der Waals surface area contributed by atoms with Crippen LogP contribution >= 0.6 is 11.6 Å². The van der Waals surface area contributed by atoms with Gasteiger partial charge in [-0.3, -0.25) is 0 Å². The molecule has 19 heavy (non-hydrogen) atoms. The Morgan fingerprint density at radius 2 is 1.68 bits per heavy atom. The van der Waals surface area contributed by atoms with Crippen LogP contribution in [0.1, 0.15) is 29.2 Å². The van der Waals surface area contributed by atoms with E-state index in [1.54, 1.807) is 0 Å². The molecule has 2 aromatic carbocycles. The Balaban J connectivity index is 2.30. The lowest BCUT2D eigenvalue weighted by atomic mass is 9.87. The van der Waals surface area contributed by atoms with E-state index < -0.39 is 5.60 Å². The van der Waals surface area contributed by atoms with Crippen LogP contribution in [0.4, 0.5) is 0 Å². The van der Waals surface area contributed by atoms with Gasteiger partial charge in [-0.25, -0.2) is 0 Å². The Morgan fingerprint density at radius 1 is 1.05 bits per heavy atom. The van der Waals surface area contributed by atoms with Gasteiger partial charge in [0.1, 0.15) is 0 Å². The first-order valence-corrected chi connectivity index (χ1v) is 6.81. The monoisotopic (exact) mass is 274 g/mol. The molecule has 0 fully saturated rings. The van der Waals surface area contributed by atoms with E-state index in [0.717, 1.165) is 5.56 Å². The van der Waals surface area contributed by atoms with Gasteiger partial charge in [-0.1, -0.05) is 47.5 Å². The van der Waals surface area contributed by atoms with Gasteiger partial charge in [-0.05, 0) is 49.6 Å². The summed E-state index contributed by atoms with van der Waals surface area (Å²) in [4.78, 5) is 0. The first-order valence-electron chi connectivity index (χ1n) is 6.43. The maximum Gasteiger partial charge on any atom is 0.0908 e. The van der Waals surface area contributed by atoms with Crippen LogP contribution in [0, 0.1) is 13.8 Å². The number of halogens is 1. The van der Waals surface area contributed by atoms with Crippen molar-refractivity contribution < 1.29 is 5.11 Å². The van der Waals surface area contributed by atoms with Gasteiger partial charge in [0, 0.05) is 11.4 Å². The molecule has 0 amide bonds. The van der Waals surface area contributed by atoms with Crippen molar-refractivity contribution in [1.29, 1.82) is 0 Å². The average Bonchev–Trinajstić information content (AvgIpc) is 2.34. The van der Waals surface area contributed by atoms with Gasteiger partial charge in [0.15, 0.2) is 0 Å². The van der Waals surface area contributed by atoms with E-state index in [1.165, 1.54) is 16.7 Å². The van der Waals surface area contributed by atoms with Crippen LogP contribution in [0.15, 0.2) is 42.5 Å². The zero-order chi connectivity index (χ0) is 14.0. The van der Waals surface area contributed by atoms with Crippen LogP contribution in [0.2, 0.25) is 5.02 Å². The van der Waals surface area contributed by atoms with Crippen molar-refractivity contribution in [3.63, 3.8) is 0 Å². The first kappa shape index (κ1) is 14.1. The lowest BCUT2D eigenvalue weighted by molar-refractivity contribution is 0.0574. The molecule has 0 aromatic heterocycles. The normalized spacial score (nSPS) is 14.2. The largest absolute Gasteiger partial charge is 0.385 e. The highest BCUT2D eigenvalue weighted by molar-refractivity contribution is 6.30. The Hall–Kier alpha value is -1.31. The number of hydrogen-bond donors (Lipinski definition) is 1. The summed E-state index contributed by atoms with van der Waals surface area (Å²) >= 11 is 5.89. The van der Waals surface area contributed by atoms with E-state index in [2.05, 4.69) is 32.0 Å². The fourth-order valence-electron chi connectivity index (χ4n) is 2.27. The third-order valence-electron chi connectivity index (χ3n) is 3.51. The minimum atomic E-state index is -0.886. The minimum absolute atomic E-state index is 0.599. The molecule has 0 aliphatic heterocycles. The molecule has 1 N–H and O–H groups in total. The van der Waals surface area contributed by atoms with Crippen LogP contribution < -0.4 is 0 Å². The van der Waals surface area contributed by atoms with Crippen LogP contribution in [-0.2, 0) is 12.0 Å². The SMILES string of the molecule is Cc1ccc(C)c(CC(C)(O)c2ccc(Cl)cc2)c1. The van der Waals surface area contributed by atoms with Crippen LogP contribution in [0.3, 0.4) is 0 Å². The highest BCUT2D eigenvalue weighted by Crippen LogP contribution is 2.28. The molecule has 0 radical (unpaired) electrons. The summed E-state index contributed by atoms with van der Waals surface area (Å²) in [6.07, 6.45) is 0.599. The Kier molecular flexibility index (Phi) is 3.98. The molecule has 0 saturated carbocycles. The standard InChI is InChI=1S/C17H19ClO/c1-12-4-5-13(2)14(10-12)11-17(3,19)15-6-8-16(18)9-7-15/h4-10,19H,11H2,1-3H3. The number of hydrogen-bond acceptors (Lipinski definition) is 1. The molecule has 0 bridgehead atoms. The molecule has 0 aliphatic carbocycles. The van der Waals surface area contributed by atoms with Crippen molar-refractivity contribution in [1.82, 2.24) is 0 Å². The number of rotatable bonds is 3. The van der Waals surface area contributed by atoms with E-state index in [4.69, 9.17) is 11.6 Å². The van der Waals surface area contributed by atoms with E-state index in [-0.39, 0.29) is 0 Å². The lowest BCUT2D eigenvalue weighted by Gasteiger charge is -2.25. The molecule has 1 unspecified atom stereocenters. The molecule has 2 aromatic rings. The van der Waals surface area contributed by atoms with Gasteiger partial charge in [0.25, 0.3) is 0 Å². The minimum Gasteiger partial charge on any atom is -0.385 e. The lowest BCUT2D eigenvalue weighted by Crippen LogP contribution is -2.24. The van der Waals surface area contributed by atoms with E-state index in [0.29, 0.717) is 11.4 Å². The summed E-state index contributed by atoms with van der Waals surface area (Å²) in [5.74, 6) is 0. The Labute approximate surface area is 119 Å². The molecule has 0 heterocycles. The van der Waals surface area contributed by atoms with Gasteiger partial charge in [-0.2, -0.15) is 0 Å². The van der Waals surface area contributed by atoms with Crippen molar-refractivity contribution in [2.75, 3.05) is 0 Å². The highest BCUT2D eigenvalue weighted by Gasteiger charge is 2.24. The number of aliphatic hydroxyl groups is 1. The third kappa shape index (κ3) is 3.37. The van der Waals surface area contributed by atoms with Gasteiger partial charge in [-0.15, -0.1) is 0 Å². The zero-order valence-corrected chi connectivity index (χ0v) is 12.3. The molecular formula is C17H19ClO. The summed E-state index contributed by atoms with van der Waals surface area (Å²) in [5, 5.41) is 11.4. The maximum absolute atomic E-state index is 10.7. The molecular weight excluding hydrogens is 256 g/mol. The van der Waals surface area contributed by atoms with Gasteiger partial charge in [0.2, 0.25) is 0 Å². The number of benzene rings is 2. The molecule has 100 valence electrons. The van der Waals surface area contributed by atoms with Gasteiger partial charge >= 0.3 is 0 Å². The van der Waals surface area contributed by atoms with E-state index in [9.17, 15) is 5.11 Å². The van der Waals surface area contributed by atoms with Gasteiger partial charge in [0.05, 0.1) is 5.60 Å². The second-order valence-electron chi connectivity index (χ2n) is 5.39.